The number of carbonyl (C=O) groups excluding carboxylic acids is 1. The molecule has 2 aromatic rings. The summed E-state index contributed by atoms with van der Waals surface area (Å²) >= 11 is 0. The molecule has 0 unspecified atom stereocenters. The molecule has 0 bridgehead atoms. The van der Waals surface area contributed by atoms with E-state index in [0.29, 0.717) is 11.4 Å². The molecule has 2 rings (SSSR count). The van der Waals surface area contributed by atoms with Crippen LogP contribution in [0.5, 0.6) is 0 Å². The largest absolute Gasteiger partial charge is 0.240 e. The highest BCUT2D eigenvalue weighted by Crippen LogP contribution is 2.29. The third-order valence-corrected chi connectivity index (χ3v) is 2.99. The number of rotatable bonds is 3. The Kier molecular flexibility index (Phi) is 3.64. The molecule has 94 valence electrons. The van der Waals surface area contributed by atoms with E-state index in [1.807, 2.05) is 38.1 Å². The van der Waals surface area contributed by atoms with Crippen LogP contribution in [-0.2, 0) is 4.79 Å². The summed E-state index contributed by atoms with van der Waals surface area (Å²) < 4.78 is 0. The van der Waals surface area contributed by atoms with Crippen molar-refractivity contribution in [3.63, 3.8) is 0 Å². The Morgan fingerprint density at radius 3 is 1.84 bits per heavy atom. The Hall–Kier alpha value is -2.58. The van der Waals surface area contributed by atoms with Crippen molar-refractivity contribution in [3.8, 4) is 11.1 Å². The van der Waals surface area contributed by atoms with Gasteiger partial charge in [-0.15, -0.1) is 4.91 Å². The minimum atomic E-state index is 0.447. The average Bonchev–Trinajstić information content (AvgIpc) is 2.41. The minimum Gasteiger partial charge on any atom is -0.211 e. The van der Waals surface area contributed by atoms with Gasteiger partial charge in [0.1, 0.15) is 5.69 Å². The lowest BCUT2D eigenvalue weighted by Gasteiger charge is -2.06. The van der Waals surface area contributed by atoms with Crippen molar-refractivity contribution >= 4 is 17.5 Å². The molecule has 0 radical (unpaired) electrons. The molecule has 0 spiro atoms. The Bertz CT molecular complexity index is 687. The quantitative estimate of drug-likeness (QED) is 0.463. The first kappa shape index (κ1) is 12.9. The summed E-state index contributed by atoms with van der Waals surface area (Å²) in [4.78, 5) is 24.4. The Morgan fingerprint density at radius 2 is 1.42 bits per heavy atom. The highest BCUT2D eigenvalue weighted by atomic mass is 16.3. The van der Waals surface area contributed by atoms with Crippen LogP contribution in [0.1, 0.15) is 11.1 Å². The summed E-state index contributed by atoms with van der Waals surface area (Å²) in [6, 6.07) is 11.1. The Morgan fingerprint density at radius 1 is 0.895 bits per heavy atom. The number of isocyanates is 1. The van der Waals surface area contributed by atoms with Crippen molar-refractivity contribution in [1.82, 2.24) is 0 Å². The molecule has 19 heavy (non-hydrogen) atoms. The number of aryl methyl sites for hydroxylation is 2. The van der Waals surface area contributed by atoms with Gasteiger partial charge in [0.25, 0.3) is 0 Å². The predicted octanol–water partition coefficient (Wildman–Crippen LogP) is 4.34. The number of aliphatic imine (C=N–C) groups is 1. The van der Waals surface area contributed by atoms with E-state index in [9.17, 15) is 9.70 Å². The first-order valence-corrected chi connectivity index (χ1v) is 5.78. The Labute approximate surface area is 110 Å². The van der Waals surface area contributed by atoms with E-state index in [2.05, 4.69) is 10.2 Å². The minimum absolute atomic E-state index is 0.447. The van der Waals surface area contributed by atoms with Gasteiger partial charge in [0.05, 0.1) is 5.69 Å². The van der Waals surface area contributed by atoms with E-state index in [1.54, 1.807) is 12.1 Å². The van der Waals surface area contributed by atoms with Crippen LogP contribution in [0.25, 0.3) is 11.1 Å². The van der Waals surface area contributed by atoms with Gasteiger partial charge in [-0.05, 0) is 65.5 Å². The lowest BCUT2D eigenvalue weighted by atomic mass is 10.0. The van der Waals surface area contributed by atoms with Crippen molar-refractivity contribution in [2.75, 3.05) is 0 Å². The molecule has 0 saturated carbocycles. The van der Waals surface area contributed by atoms with Crippen molar-refractivity contribution < 1.29 is 4.79 Å². The third kappa shape index (κ3) is 2.64. The first-order chi connectivity index (χ1) is 9.15. The SMILES string of the molecule is Cc1cc(-c2ccc(N=C=O)c(C)c2)ccc1N=O. The van der Waals surface area contributed by atoms with Crippen LogP contribution in [0, 0.1) is 18.8 Å². The van der Waals surface area contributed by atoms with Gasteiger partial charge in [-0.1, -0.05) is 12.1 Å². The number of nitroso groups, excluding NO2 is 1. The van der Waals surface area contributed by atoms with Crippen LogP contribution in [0.2, 0.25) is 0 Å². The van der Waals surface area contributed by atoms with Crippen LogP contribution in [0.3, 0.4) is 0 Å². The topological polar surface area (TPSA) is 58.9 Å². The molecular formula is C15H12N2O2. The summed E-state index contributed by atoms with van der Waals surface area (Å²) in [5.74, 6) is 0. The van der Waals surface area contributed by atoms with Gasteiger partial charge in [-0.2, -0.15) is 4.99 Å². The zero-order valence-electron chi connectivity index (χ0n) is 10.7. The zero-order chi connectivity index (χ0) is 13.8. The molecular weight excluding hydrogens is 240 g/mol. The molecule has 4 heteroatoms. The number of hydrogen-bond donors (Lipinski definition) is 0. The van der Waals surface area contributed by atoms with E-state index in [1.165, 1.54) is 6.08 Å². The molecule has 0 aromatic heterocycles. The second-order valence-corrected chi connectivity index (χ2v) is 4.30. The summed E-state index contributed by atoms with van der Waals surface area (Å²) in [5.41, 5.74) is 4.79. The fraction of sp³-hybridized carbons (Fsp3) is 0.133. The first-order valence-electron chi connectivity index (χ1n) is 5.78. The maximum Gasteiger partial charge on any atom is 0.240 e. The van der Waals surface area contributed by atoms with Crippen molar-refractivity contribution in [1.29, 1.82) is 0 Å². The van der Waals surface area contributed by atoms with E-state index >= 15 is 0 Å². The number of hydrogen-bond acceptors (Lipinski definition) is 4. The van der Waals surface area contributed by atoms with Gasteiger partial charge >= 0.3 is 0 Å². The van der Waals surface area contributed by atoms with E-state index in [4.69, 9.17) is 0 Å². The highest BCUT2D eigenvalue weighted by molar-refractivity contribution is 5.70. The Balaban J connectivity index is 2.47. The molecule has 0 saturated heterocycles. The highest BCUT2D eigenvalue weighted by Gasteiger charge is 2.04. The fourth-order valence-electron chi connectivity index (χ4n) is 1.95. The summed E-state index contributed by atoms with van der Waals surface area (Å²) in [5, 5.41) is 2.95. The van der Waals surface area contributed by atoms with E-state index in [0.717, 1.165) is 22.3 Å². The van der Waals surface area contributed by atoms with E-state index in [-0.39, 0.29) is 0 Å². The smallest absolute Gasteiger partial charge is 0.211 e. The molecule has 0 aliphatic rings. The van der Waals surface area contributed by atoms with Crippen LogP contribution < -0.4 is 0 Å². The standard InChI is InChI=1S/C15H12N2O2/c1-10-7-12(3-5-14(10)16-9-18)13-4-6-15(17-19)11(2)8-13/h3-8H,1-2H3. The van der Waals surface area contributed by atoms with Gasteiger partial charge in [0, 0.05) is 0 Å². The van der Waals surface area contributed by atoms with Crippen molar-refractivity contribution in [2.45, 2.75) is 13.8 Å². The fourth-order valence-corrected chi connectivity index (χ4v) is 1.95. The molecule has 0 aliphatic heterocycles. The number of benzene rings is 2. The molecule has 0 heterocycles. The van der Waals surface area contributed by atoms with Crippen molar-refractivity contribution in [2.24, 2.45) is 10.2 Å². The summed E-state index contributed by atoms with van der Waals surface area (Å²) in [7, 11) is 0. The number of nitrogens with zero attached hydrogens (tertiary/aromatic N) is 2. The predicted molar refractivity (Wildman–Crippen MR) is 74.6 cm³/mol. The summed E-state index contributed by atoms with van der Waals surface area (Å²) in [6.07, 6.45) is 1.54. The van der Waals surface area contributed by atoms with Gasteiger partial charge in [-0.25, -0.2) is 4.79 Å². The lowest BCUT2D eigenvalue weighted by molar-refractivity contribution is 0.565. The van der Waals surface area contributed by atoms with Crippen LogP contribution in [0.4, 0.5) is 11.4 Å². The monoisotopic (exact) mass is 252 g/mol. The average molecular weight is 252 g/mol. The molecule has 4 nitrogen and oxygen atoms in total. The van der Waals surface area contributed by atoms with Gasteiger partial charge < -0.3 is 0 Å². The van der Waals surface area contributed by atoms with Crippen molar-refractivity contribution in [3.05, 3.63) is 52.4 Å². The van der Waals surface area contributed by atoms with Crippen LogP contribution in [0.15, 0.2) is 46.6 Å². The maximum absolute atomic E-state index is 10.5. The van der Waals surface area contributed by atoms with Gasteiger partial charge in [0.2, 0.25) is 6.08 Å². The summed E-state index contributed by atoms with van der Waals surface area (Å²) in [6.45, 7) is 3.73. The lowest BCUT2D eigenvalue weighted by Crippen LogP contribution is -1.82. The molecule has 0 N–H and O–H groups in total. The van der Waals surface area contributed by atoms with Crippen LogP contribution in [-0.4, -0.2) is 6.08 Å². The molecule has 0 fully saturated rings. The second kappa shape index (κ2) is 5.38. The molecule has 0 amide bonds. The normalized spacial score (nSPS) is 9.79. The second-order valence-electron chi connectivity index (χ2n) is 4.30. The zero-order valence-corrected chi connectivity index (χ0v) is 10.7. The molecule has 0 atom stereocenters. The third-order valence-electron chi connectivity index (χ3n) is 2.99. The van der Waals surface area contributed by atoms with Gasteiger partial charge in [0.15, 0.2) is 0 Å². The maximum atomic E-state index is 10.5. The van der Waals surface area contributed by atoms with Crippen LogP contribution >= 0.6 is 0 Å². The van der Waals surface area contributed by atoms with Gasteiger partial charge in [-0.3, -0.25) is 0 Å². The molecule has 2 aromatic carbocycles. The van der Waals surface area contributed by atoms with E-state index < -0.39 is 0 Å². The molecule has 0 aliphatic carbocycles.